The van der Waals surface area contributed by atoms with Gasteiger partial charge in [0, 0.05) is 6.07 Å². The van der Waals surface area contributed by atoms with Crippen LogP contribution in [0.25, 0.3) is 5.82 Å². The molecule has 2 rings (SSSR count). The third-order valence-electron chi connectivity index (χ3n) is 2.07. The molecule has 7 nitrogen and oxygen atoms in total. The summed E-state index contributed by atoms with van der Waals surface area (Å²) in [5, 5.41) is 17.7. The molecular formula is C10H6N6O. The van der Waals surface area contributed by atoms with Crippen molar-refractivity contribution in [3.63, 3.8) is 0 Å². The fourth-order valence-corrected chi connectivity index (χ4v) is 1.40. The molecule has 0 bridgehead atoms. The van der Waals surface area contributed by atoms with Crippen molar-refractivity contribution in [1.82, 2.24) is 19.5 Å². The van der Waals surface area contributed by atoms with E-state index < -0.39 is 0 Å². The molecule has 17 heavy (non-hydrogen) atoms. The van der Waals surface area contributed by atoms with E-state index in [0.717, 1.165) is 0 Å². The molecule has 82 valence electrons. The van der Waals surface area contributed by atoms with E-state index in [1.54, 1.807) is 13.0 Å². The highest BCUT2D eigenvalue weighted by Gasteiger charge is 2.12. The van der Waals surface area contributed by atoms with E-state index in [0.29, 0.717) is 5.82 Å². The van der Waals surface area contributed by atoms with E-state index in [2.05, 4.69) is 15.0 Å². The Bertz CT molecular complexity index is 712. The molecule has 7 heteroatoms. The summed E-state index contributed by atoms with van der Waals surface area (Å²) >= 11 is 0. The molecule has 0 amide bonds. The molecule has 0 saturated heterocycles. The number of aromatic nitrogens is 4. The number of nitrogens with zero attached hydrogens (tertiary/aromatic N) is 5. The SMILES string of the molecule is Cc1nc(-n2cnc(C#N)c2C#N)cc(=O)[nH]1. The quantitative estimate of drug-likeness (QED) is 0.736. The predicted octanol–water partition coefficient (Wildman–Crippen LogP) is 0.00738. The van der Waals surface area contributed by atoms with Crippen molar-refractivity contribution in [3.05, 3.63) is 40.0 Å². The second kappa shape index (κ2) is 3.91. The first-order chi connectivity index (χ1) is 8.15. The van der Waals surface area contributed by atoms with E-state index in [-0.39, 0.29) is 22.8 Å². The molecule has 2 aromatic heterocycles. The van der Waals surface area contributed by atoms with Gasteiger partial charge >= 0.3 is 0 Å². The van der Waals surface area contributed by atoms with Crippen LogP contribution in [0, 0.1) is 29.6 Å². The fraction of sp³-hybridized carbons (Fsp3) is 0.100. The highest BCUT2D eigenvalue weighted by atomic mass is 16.1. The Morgan fingerprint density at radius 2 is 2.18 bits per heavy atom. The molecule has 0 fully saturated rings. The number of hydrogen-bond acceptors (Lipinski definition) is 5. The van der Waals surface area contributed by atoms with Crippen LogP contribution in [0.3, 0.4) is 0 Å². The van der Waals surface area contributed by atoms with Crippen LogP contribution < -0.4 is 5.56 Å². The maximum absolute atomic E-state index is 11.3. The van der Waals surface area contributed by atoms with Gasteiger partial charge in [-0.1, -0.05) is 0 Å². The predicted molar refractivity (Wildman–Crippen MR) is 56.1 cm³/mol. The lowest BCUT2D eigenvalue weighted by Crippen LogP contribution is -2.12. The van der Waals surface area contributed by atoms with Crippen molar-refractivity contribution in [2.45, 2.75) is 6.92 Å². The molecule has 0 aliphatic heterocycles. The van der Waals surface area contributed by atoms with Crippen LogP contribution in [0.15, 0.2) is 17.2 Å². The summed E-state index contributed by atoms with van der Waals surface area (Å²) in [6, 6.07) is 4.89. The molecule has 2 aromatic rings. The molecule has 0 aliphatic rings. The van der Waals surface area contributed by atoms with Gasteiger partial charge in [0.15, 0.2) is 11.4 Å². The molecule has 0 radical (unpaired) electrons. The minimum absolute atomic E-state index is 0.00670. The molecule has 0 aliphatic carbocycles. The minimum atomic E-state index is -0.330. The molecule has 2 heterocycles. The first-order valence-electron chi connectivity index (χ1n) is 4.61. The van der Waals surface area contributed by atoms with Crippen LogP contribution in [0.1, 0.15) is 17.2 Å². The van der Waals surface area contributed by atoms with Gasteiger partial charge in [-0.2, -0.15) is 10.5 Å². The maximum atomic E-state index is 11.3. The number of aromatic amines is 1. The largest absolute Gasteiger partial charge is 0.311 e. The smallest absolute Gasteiger partial charge is 0.253 e. The lowest BCUT2D eigenvalue weighted by atomic mass is 10.3. The lowest BCUT2D eigenvalue weighted by molar-refractivity contribution is 0.912. The van der Waals surface area contributed by atoms with Gasteiger partial charge in [0.25, 0.3) is 5.56 Å². The zero-order valence-corrected chi connectivity index (χ0v) is 8.80. The van der Waals surface area contributed by atoms with Gasteiger partial charge < -0.3 is 4.98 Å². The van der Waals surface area contributed by atoms with E-state index in [4.69, 9.17) is 10.5 Å². The molecular weight excluding hydrogens is 220 g/mol. The monoisotopic (exact) mass is 226 g/mol. The Labute approximate surface area is 95.6 Å². The van der Waals surface area contributed by atoms with E-state index in [9.17, 15) is 4.79 Å². The normalized spacial score (nSPS) is 9.59. The average molecular weight is 226 g/mol. The van der Waals surface area contributed by atoms with E-state index in [1.165, 1.54) is 17.0 Å². The first-order valence-corrected chi connectivity index (χ1v) is 4.61. The van der Waals surface area contributed by atoms with E-state index in [1.807, 2.05) is 6.07 Å². The Balaban J connectivity index is 2.70. The standard InChI is InChI=1S/C10H6N6O/c1-6-14-9(2-10(17)15-6)16-5-13-7(3-11)8(16)4-12/h2,5H,1H3,(H,14,15,17). The summed E-state index contributed by atoms with van der Waals surface area (Å²) in [5.74, 6) is 0.681. The number of nitrogens with one attached hydrogen (secondary N) is 1. The van der Waals surface area contributed by atoms with Crippen LogP contribution in [0.2, 0.25) is 0 Å². The number of rotatable bonds is 1. The molecule has 0 atom stereocenters. The van der Waals surface area contributed by atoms with Crippen LogP contribution >= 0.6 is 0 Å². The van der Waals surface area contributed by atoms with Crippen LogP contribution in [-0.4, -0.2) is 19.5 Å². The van der Waals surface area contributed by atoms with Gasteiger partial charge in [0.1, 0.15) is 30.1 Å². The Kier molecular flexibility index (Phi) is 2.43. The lowest BCUT2D eigenvalue weighted by Gasteiger charge is -2.02. The third-order valence-corrected chi connectivity index (χ3v) is 2.07. The van der Waals surface area contributed by atoms with Gasteiger partial charge in [-0.05, 0) is 6.92 Å². The Morgan fingerprint density at radius 3 is 2.76 bits per heavy atom. The number of H-pyrrole nitrogens is 1. The van der Waals surface area contributed by atoms with Gasteiger partial charge in [0.05, 0.1) is 0 Å². The second-order valence-corrected chi connectivity index (χ2v) is 3.22. The van der Waals surface area contributed by atoms with Crippen molar-refractivity contribution >= 4 is 0 Å². The van der Waals surface area contributed by atoms with Crippen LogP contribution in [-0.2, 0) is 0 Å². The fourth-order valence-electron chi connectivity index (χ4n) is 1.40. The van der Waals surface area contributed by atoms with Crippen LogP contribution in [0.5, 0.6) is 0 Å². The molecule has 0 saturated carbocycles. The summed E-state index contributed by atoms with van der Waals surface area (Å²) in [7, 11) is 0. The summed E-state index contributed by atoms with van der Waals surface area (Å²) in [4.78, 5) is 21.6. The van der Waals surface area contributed by atoms with Gasteiger partial charge in [0.2, 0.25) is 0 Å². The highest BCUT2D eigenvalue weighted by Crippen LogP contribution is 2.10. The van der Waals surface area contributed by atoms with Crippen molar-refractivity contribution in [3.8, 4) is 18.0 Å². The van der Waals surface area contributed by atoms with Crippen molar-refractivity contribution in [1.29, 1.82) is 10.5 Å². The van der Waals surface area contributed by atoms with Crippen LogP contribution in [0.4, 0.5) is 0 Å². The third kappa shape index (κ3) is 1.77. The van der Waals surface area contributed by atoms with Crippen molar-refractivity contribution in [2.24, 2.45) is 0 Å². The van der Waals surface area contributed by atoms with E-state index >= 15 is 0 Å². The minimum Gasteiger partial charge on any atom is -0.311 e. The van der Waals surface area contributed by atoms with Crippen molar-refractivity contribution in [2.75, 3.05) is 0 Å². The zero-order chi connectivity index (χ0) is 12.4. The molecule has 0 aromatic carbocycles. The average Bonchev–Trinajstić information content (AvgIpc) is 2.70. The summed E-state index contributed by atoms with van der Waals surface area (Å²) in [6.45, 7) is 1.62. The summed E-state index contributed by atoms with van der Waals surface area (Å²) in [6.07, 6.45) is 1.29. The number of hydrogen-bond donors (Lipinski definition) is 1. The zero-order valence-electron chi connectivity index (χ0n) is 8.80. The Morgan fingerprint density at radius 1 is 1.41 bits per heavy atom. The maximum Gasteiger partial charge on any atom is 0.253 e. The second-order valence-electron chi connectivity index (χ2n) is 3.22. The highest BCUT2D eigenvalue weighted by molar-refractivity contribution is 5.41. The van der Waals surface area contributed by atoms with Gasteiger partial charge in [-0.15, -0.1) is 0 Å². The topological polar surface area (TPSA) is 111 Å². The molecule has 1 N–H and O–H groups in total. The Hall–Kier alpha value is -2.93. The number of nitriles is 2. The first kappa shape index (κ1) is 10.6. The number of imidazole rings is 1. The van der Waals surface area contributed by atoms with Crippen molar-refractivity contribution < 1.29 is 0 Å². The molecule has 0 unspecified atom stereocenters. The molecule has 0 spiro atoms. The summed E-state index contributed by atoms with van der Waals surface area (Å²) < 4.78 is 1.31. The summed E-state index contributed by atoms with van der Waals surface area (Å²) in [5.41, 5.74) is -0.263. The van der Waals surface area contributed by atoms with Gasteiger partial charge in [-0.25, -0.2) is 9.97 Å². The number of aryl methyl sites for hydroxylation is 1. The van der Waals surface area contributed by atoms with Gasteiger partial charge in [-0.3, -0.25) is 9.36 Å².